The van der Waals surface area contributed by atoms with Crippen LogP contribution in [-0.4, -0.2) is 41.2 Å². The molecule has 1 amide bonds. The second-order valence-corrected chi connectivity index (χ2v) is 9.61. The lowest BCUT2D eigenvalue weighted by molar-refractivity contribution is -0.164. The zero-order chi connectivity index (χ0) is 23.2. The van der Waals surface area contributed by atoms with Crippen LogP contribution in [0.5, 0.6) is 5.75 Å². The predicted molar refractivity (Wildman–Crippen MR) is 117 cm³/mol. The van der Waals surface area contributed by atoms with E-state index in [1.165, 1.54) is 0 Å². The number of benzene rings is 1. The Hall–Kier alpha value is -2.57. The quantitative estimate of drug-likeness (QED) is 0.704. The van der Waals surface area contributed by atoms with Gasteiger partial charge in [0.25, 0.3) is 0 Å². The molecule has 7 nitrogen and oxygen atoms in total. The van der Waals surface area contributed by atoms with Gasteiger partial charge in [-0.15, -0.1) is 0 Å². The number of rotatable bonds is 4. The van der Waals surface area contributed by atoms with Crippen LogP contribution in [0.25, 0.3) is 0 Å². The second-order valence-electron chi connectivity index (χ2n) is 9.61. The van der Waals surface area contributed by atoms with E-state index in [9.17, 15) is 19.5 Å². The molecule has 0 saturated carbocycles. The summed E-state index contributed by atoms with van der Waals surface area (Å²) in [4.78, 5) is 38.1. The molecule has 3 atom stereocenters. The minimum absolute atomic E-state index is 0.144. The minimum atomic E-state index is -1.11. The summed E-state index contributed by atoms with van der Waals surface area (Å²) in [7, 11) is 0. The van der Waals surface area contributed by atoms with Crippen molar-refractivity contribution >= 4 is 17.8 Å². The highest BCUT2D eigenvalue weighted by Crippen LogP contribution is 2.29. The Bertz CT molecular complexity index is 765. The summed E-state index contributed by atoms with van der Waals surface area (Å²) in [6, 6.07) is 6.09. The third-order valence-electron chi connectivity index (χ3n) is 5.16. The topological polar surface area (TPSA) is 102 Å². The Labute approximate surface area is 184 Å². The zero-order valence-corrected chi connectivity index (χ0v) is 19.1. The summed E-state index contributed by atoms with van der Waals surface area (Å²) in [5.74, 6) is -2.50. The maximum atomic E-state index is 13.3. The second kappa shape index (κ2) is 10.6. The zero-order valence-electron chi connectivity index (χ0n) is 19.1. The average molecular weight is 434 g/mol. The average Bonchev–Trinajstić information content (AvgIpc) is 2.65. The van der Waals surface area contributed by atoms with E-state index in [-0.39, 0.29) is 12.3 Å². The number of carboxylic acids is 1. The monoisotopic (exact) mass is 433 g/mol. The molecule has 31 heavy (non-hydrogen) atoms. The summed E-state index contributed by atoms with van der Waals surface area (Å²) < 4.78 is 11.4. The van der Waals surface area contributed by atoms with Gasteiger partial charge in [-0.05, 0) is 63.6 Å². The van der Waals surface area contributed by atoms with Gasteiger partial charge < -0.3 is 19.9 Å². The number of amides is 1. The Morgan fingerprint density at radius 3 is 2.42 bits per heavy atom. The van der Waals surface area contributed by atoms with Gasteiger partial charge in [0.2, 0.25) is 5.91 Å². The Morgan fingerprint density at radius 2 is 1.87 bits per heavy atom. The summed E-state index contributed by atoms with van der Waals surface area (Å²) >= 11 is 0. The van der Waals surface area contributed by atoms with Crippen molar-refractivity contribution in [1.82, 2.24) is 5.32 Å². The van der Waals surface area contributed by atoms with Crippen molar-refractivity contribution in [2.45, 2.75) is 71.9 Å². The van der Waals surface area contributed by atoms with Crippen molar-refractivity contribution in [3.63, 3.8) is 0 Å². The molecule has 2 bridgehead atoms. The molecule has 0 radical (unpaired) electrons. The number of hydrogen-bond donors (Lipinski definition) is 2. The molecule has 2 heterocycles. The minimum Gasteiger partial charge on any atom is -0.494 e. The van der Waals surface area contributed by atoms with Crippen LogP contribution in [0, 0.1) is 17.8 Å². The van der Waals surface area contributed by atoms with E-state index in [1.54, 1.807) is 45.0 Å². The van der Waals surface area contributed by atoms with Gasteiger partial charge in [-0.2, -0.15) is 0 Å². The summed E-state index contributed by atoms with van der Waals surface area (Å²) in [5, 5.41) is 12.4. The molecule has 1 aromatic carbocycles. The third-order valence-corrected chi connectivity index (χ3v) is 5.16. The van der Waals surface area contributed by atoms with Crippen LogP contribution in [0.4, 0.5) is 0 Å². The number of hydrogen-bond acceptors (Lipinski definition) is 5. The molecule has 2 aliphatic heterocycles. The number of carbonyl (C=O) groups is 3. The van der Waals surface area contributed by atoms with E-state index < -0.39 is 41.3 Å². The standard InChI is InChI=1S/C24H35NO6/c1-15(2)13-19-18(23(29)31-24(3,4)5)7-6-12-30-17-10-8-16(9-11-17)14-20(22(27)28)25-21(19)26/h8-11,15,18-20H,6-7,12-14H2,1-5H3,(H,25,26)(H,27,28)/t18?,19-,20+/m1/s1. The smallest absolute Gasteiger partial charge is 0.326 e. The molecule has 1 aromatic rings. The van der Waals surface area contributed by atoms with Gasteiger partial charge in [0, 0.05) is 6.42 Å². The molecular formula is C24H35NO6. The molecule has 0 aromatic heterocycles. The molecule has 3 rings (SSSR count). The Balaban J connectivity index is 2.39. The van der Waals surface area contributed by atoms with Crippen molar-refractivity contribution in [3.05, 3.63) is 29.8 Å². The van der Waals surface area contributed by atoms with E-state index >= 15 is 0 Å². The predicted octanol–water partition coefficient (Wildman–Crippen LogP) is 3.59. The van der Waals surface area contributed by atoms with Crippen LogP contribution in [0.15, 0.2) is 24.3 Å². The lowest BCUT2D eigenvalue weighted by Gasteiger charge is -2.30. The van der Waals surface area contributed by atoms with Crippen molar-refractivity contribution < 1.29 is 29.0 Å². The number of carboxylic acid groups (broad SMARTS) is 1. The van der Waals surface area contributed by atoms with Gasteiger partial charge in [-0.25, -0.2) is 4.79 Å². The van der Waals surface area contributed by atoms with Crippen molar-refractivity contribution in [3.8, 4) is 5.75 Å². The first-order chi connectivity index (χ1) is 14.5. The molecular weight excluding hydrogens is 398 g/mol. The van der Waals surface area contributed by atoms with E-state index in [2.05, 4.69) is 5.32 Å². The third kappa shape index (κ3) is 7.89. The van der Waals surface area contributed by atoms with Gasteiger partial charge >= 0.3 is 11.9 Å². The molecule has 2 N–H and O–H groups in total. The number of ether oxygens (including phenoxy) is 2. The van der Waals surface area contributed by atoms with Crippen molar-refractivity contribution in [1.29, 1.82) is 0 Å². The highest BCUT2D eigenvalue weighted by molar-refractivity contribution is 5.88. The molecule has 0 fully saturated rings. The maximum absolute atomic E-state index is 13.3. The Kier molecular flexibility index (Phi) is 8.48. The first-order valence-corrected chi connectivity index (χ1v) is 10.9. The summed E-state index contributed by atoms with van der Waals surface area (Å²) in [6.45, 7) is 9.73. The van der Waals surface area contributed by atoms with Crippen molar-refractivity contribution in [2.24, 2.45) is 17.8 Å². The van der Waals surface area contributed by atoms with Crippen molar-refractivity contribution in [2.75, 3.05) is 6.61 Å². The number of fused-ring (bicyclic) bond motifs is 11. The lowest BCUT2D eigenvalue weighted by Crippen LogP contribution is -2.48. The highest BCUT2D eigenvalue weighted by atomic mass is 16.6. The number of nitrogens with one attached hydrogen (secondary N) is 1. The van der Waals surface area contributed by atoms with E-state index in [0.29, 0.717) is 31.6 Å². The van der Waals surface area contributed by atoms with E-state index in [4.69, 9.17) is 9.47 Å². The normalized spacial score (nSPS) is 22.9. The number of carbonyl (C=O) groups excluding carboxylic acids is 2. The molecule has 1 unspecified atom stereocenters. The Morgan fingerprint density at radius 1 is 1.23 bits per heavy atom. The van der Waals surface area contributed by atoms with Crippen LogP contribution >= 0.6 is 0 Å². The maximum Gasteiger partial charge on any atom is 0.326 e. The van der Waals surface area contributed by atoms with Crippen LogP contribution in [0.1, 0.15) is 59.4 Å². The number of aliphatic carboxylic acids is 1. The SMILES string of the molecule is CC(C)C[C@H]1C(=O)N[C@H](C(=O)O)Cc2ccc(cc2)OCCCC1C(=O)OC(C)(C)C. The molecule has 172 valence electrons. The molecule has 0 saturated heterocycles. The fourth-order valence-electron chi connectivity index (χ4n) is 3.75. The lowest BCUT2D eigenvalue weighted by atomic mass is 9.81. The first kappa shape index (κ1) is 24.7. The molecule has 7 heteroatoms. The molecule has 0 aliphatic carbocycles. The van der Waals surface area contributed by atoms with Crippen LogP contribution < -0.4 is 10.1 Å². The summed E-state index contributed by atoms with van der Waals surface area (Å²) in [6.07, 6.45) is 1.58. The summed E-state index contributed by atoms with van der Waals surface area (Å²) in [5.41, 5.74) is 0.0947. The largest absolute Gasteiger partial charge is 0.494 e. The van der Waals surface area contributed by atoms with Gasteiger partial charge in [-0.3, -0.25) is 9.59 Å². The van der Waals surface area contributed by atoms with Crippen LogP contribution in [0.2, 0.25) is 0 Å². The fourth-order valence-corrected chi connectivity index (χ4v) is 3.75. The van der Waals surface area contributed by atoms with Gasteiger partial charge in [-0.1, -0.05) is 26.0 Å². The molecule has 0 spiro atoms. The fraction of sp³-hybridized carbons (Fsp3) is 0.625. The van der Waals surface area contributed by atoms with Crippen LogP contribution in [0.3, 0.4) is 0 Å². The van der Waals surface area contributed by atoms with Gasteiger partial charge in [0.1, 0.15) is 17.4 Å². The van der Waals surface area contributed by atoms with E-state index in [1.807, 2.05) is 13.8 Å². The van der Waals surface area contributed by atoms with Gasteiger partial charge in [0.05, 0.1) is 18.4 Å². The first-order valence-electron chi connectivity index (χ1n) is 10.9. The number of esters is 1. The highest BCUT2D eigenvalue weighted by Gasteiger charge is 2.38. The van der Waals surface area contributed by atoms with Crippen LogP contribution in [-0.2, 0) is 25.5 Å². The molecule has 2 aliphatic rings. The van der Waals surface area contributed by atoms with Gasteiger partial charge in [0.15, 0.2) is 0 Å². The van der Waals surface area contributed by atoms with E-state index in [0.717, 1.165) is 5.56 Å².